The van der Waals surface area contributed by atoms with Gasteiger partial charge in [-0.1, -0.05) is 35.3 Å². The number of hydrogen-bond donors (Lipinski definition) is 5. The van der Waals surface area contributed by atoms with E-state index in [0.29, 0.717) is 48.2 Å². The van der Waals surface area contributed by atoms with Crippen molar-refractivity contribution in [2.24, 2.45) is 5.73 Å². The van der Waals surface area contributed by atoms with Crippen molar-refractivity contribution in [1.29, 1.82) is 0 Å². The molecule has 10 nitrogen and oxygen atoms in total. The number of aliphatic hydroxyl groups excluding tert-OH is 2. The maximum absolute atomic E-state index is 12.2. The molecular formula is C21H29Cl2N5O5S. The first-order valence-electron chi connectivity index (χ1n) is 10.6. The van der Waals surface area contributed by atoms with E-state index in [9.17, 15) is 9.59 Å². The summed E-state index contributed by atoms with van der Waals surface area (Å²) in [5.74, 6) is -0.798. The first-order chi connectivity index (χ1) is 16.3. The Hall–Kier alpha value is -2.15. The summed E-state index contributed by atoms with van der Waals surface area (Å²) in [6.07, 6.45) is 1.47. The summed E-state index contributed by atoms with van der Waals surface area (Å²) in [4.78, 5) is 26.2. The van der Waals surface area contributed by atoms with Crippen molar-refractivity contribution in [2.45, 2.75) is 26.4 Å². The third kappa shape index (κ3) is 8.26. The molecule has 0 saturated heterocycles. The summed E-state index contributed by atoms with van der Waals surface area (Å²) in [7, 11) is 0. The number of carbonyl (C=O) groups excluding carboxylic acids is 2. The van der Waals surface area contributed by atoms with E-state index >= 15 is 0 Å². The first kappa shape index (κ1) is 28.1. The van der Waals surface area contributed by atoms with Crippen LogP contribution >= 0.6 is 34.7 Å². The zero-order chi connectivity index (χ0) is 25.1. The minimum Gasteiger partial charge on any atom is -0.472 e. The van der Waals surface area contributed by atoms with Crippen molar-refractivity contribution in [3.8, 4) is 5.88 Å². The number of aliphatic hydroxyl groups is 2. The number of anilines is 1. The van der Waals surface area contributed by atoms with Gasteiger partial charge in [-0.3, -0.25) is 15.0 Å². The highest BCUT2D eigenvalue weighted by Crippen LogP contribution is 2.33. The molecular weight excluding hydrogens is 505 g/mol. The summed E-state index contributed by atoms with van der Waals surface area (Å²) in [5.41, 5.74) is 6.90. The fourth-order valence-corrected chi connectivity index (χ4v) is 4.23. The highest BCUT2D eigenvalue weighted by atomic mass is 35.5. The van der Waals surface area contributed by atoms with Crippen LogP contribution in [0.2, 0.25) is 10.0 Å². The molecule has 6 N–H and O–H groups in total. The Morgan fingerprint density at radius 3 is 2.50 bits per heavy atom. The molecule has 188 valence electrons. The number of nitrogens with one attached hydrogen (secondary N) is 2. The van der Waals surface area contributed by atoms with Crippen LogP contribution in [-0.4, -0.2) is 70.8 Å². The number of nitrogens with zero attached hydrogens (tertiary/aromatic N) is 2. The lowest BCUT2D eigenvalue weighted by Crippen LogP contribution is -2.32. The molecule has 1 heterocycles. The molecule has 1 aromatic carbocycles. The van der Waals surface area contributed by atoms with Crippen molar-refractivity contribution in [2.75, 3.05) is 44.7 Å². The molecule has 0 aliphatic heterocycles. The Labute approximate surface area is 212 Å². The fraction of sp³-hybridized carbons (Fsp3) is 0.476. The highest BCUT2D eigenvalue weighted by molar-refractivity contribution is 7.11. The van der Waals surface area contributed by atoms with Crippen LogP contribution in [-0.2, 0) is 6.61 Å². The number of unbranched alkanes of at least 4 members (excludes halogenated alkanes) is 1. The molecule has 0 unspecified atom stereocenters. The number of halogens is 2. The molecule has 0 spiro atoms. The molecule has 0 atom stereocenters. The number of benzene rings is 1. The maximum atomic E-state index is 12.2. The average molecular weight is 534 g/mol. The van der Waals surface area contributed by atoms with Gasteiger partial charge in [0.1, 0.15) is 17.2 Å². The lowest BCUT2D eigenvalue weighted by Gasteiger charge is -2.19. The summed E-state index contributed by atoms with van der Waals surface area (Å²) < 4.78 is 9.73. The molecule has 13 heteroatoms. The molecule has 0 bridgehead atoms. The van der Waals surface area contributed by atoms with Gasteiger partial charge in [-0.25, -0.2) is 4.79 Å². The van der Waals surface area contributed by atoms with Crippen LogP contribution in [0.1, 0.15) is 34.3 Å². The van der Waals surface area contributed by atoms with Gasteiger partial charge in [0.15, 0.2) is 0 Å². The molecule has 0 radical (unpaired) electrons. The van der Waals surface area contributed by atoms with Crippen LogP contribution in [0.15, 0.2) is 12.1 Å². The van der Waals surface area contributed by atoms with E-state index in [2.05, 4.69) is 15.0 Å². The van der Waals surface area contributed by atoms with E-state index in [0.717, 1.165) is 23.5 Å². The number of ether oxygens (including phenoxy) is 1. The summed E-state index contributed by atoms with van der Waals surface area (Å²) in [6, 6.07) is 3.06. The van der Waals surface area contributed by atoms with E-state index in [1.807, 2.05) is 11.8 Å². The number of aryl methyl sites for hydroxylation is 1. The molecule has 1 aromatic heterocycles. The Morgan fingerprint density at radius 2 is 1.85 bits per heavy atom. The van der Waals surface area contributed by atoms with Gasteiger partial charge in [0.2, 0.25) is 5.88 Å². The second kappa shape index (κ2) is 14.3. The van der Waals surface area contributed by atoms with E-state index < -0.39 is 11.9 Å². The number of amides is 3. The van der Waals surface area contributed by atoms with Gasteiger partial charge < -0.3 is 26.0 Å². The highest BCUT2D eigenvalue weighted by Gasteiger charge is 2.22. The number of rotatable bonds is 14. The van der Waals surface area contributed by atoms with Crippen LogP contribution < -0.4 is 21.1 Å². The van der Waals surface area contributed by atoms with E-state index in [-0.39, 0.29) is 36.3 Å². The third-order valence-electron chi connectivity index (χ3n) is 4.87. The summed E-state index contributed by atoms with van der Waals surface area (Å²) >= 11 is 13.3. The van der Waals surface area contributed by atoms with Crippen molar-refractivity contribution < 1.29 is 24.5 Å². The number of hydrogen-bond acceptors (Lipinski definition) is 8. The van der Waals surface area contributed by atoms with Gasteiger partial charge in [-0.05, 0) is 43.4 Å². The van der Waals surface area contributed by atoms with Crippen LogP contribution in [0, 0.1) is 6.92 Å². The zero-order valence-electron chi connectivity index (χ0n) is 18.8. The minimum absolute atomic E-state index is 0.00609. The van der Waals surface area contributed by atoms with E-state index in [1.165, 1.54) is 0 Å². The molecule has 34 heavy (non-hydrogen) atoms. The van der Waals surface area contributed by atoms with Crippen molar-refractivity contribution >= 4 is 51.7 Å². The monoisotopic (exact) mass is 533 g/mol. The first-order valence-corrected chi connectivity index (χ1v) is 12.2. The predicted molar refractivity (Wildman–Crippen MR) is 133 cm³/mol. The average Bonchev–Trinajstić information content (AvgIpc) is 3.19. The standard InChI is InChI=1S/C21H29Cl2N5O5S/c1-13-4-5-14(17(23)16(13)22)12-33-19-15(18(24)31)20(34-27-19)26-21(32)25-6-2-3-7-28(8-10-29)9-11-30/h4-5,29-30H,2-3,6-12H2,1H3,(H2,24,31)(H2,25,26,32). The molecule has 2 aromatic rings. The normalized spacial score (nSPS) is 11.0. The number of nitrogens with two attached hydrogens (primary N) is 1. The predicted octanol–water partition coefficient (Wildman–Crippen LogP) is 2.62. The van der Waals surface area contributed by atoms with Crippen molar-refractivity contribution in [1.82, 2.24) is 14.6 Å². The molecule has 2 rings (SSSR count). The van der Waals surface area contributed by atoms with Gasteiger partial charge in [0.25, 0.3) is 5.91 Å². The maximum Gasteiger partial charge on any atom is 0.319 e. The van der Waals surface area contributed by atoms with Crippen LogP contribution in [0.3, 0.4) is 0 Å². The quantitative estimate of drug-likeness (QED) is 0.234. The second-order valence-corrected chi connectivity index (χ2v) is 8.92. The summed E-state index contributed by atoms with van der Waals surface area (Å²) in [5, 5.41) is 24.3. The van der Waals surface area contributed by atoms with Gasteiger partial charge in [0.05, 0.1) is 23.3 Å². The van der Waals surface area contributed by atoms with Crippen molar-refractivity contribution in [3.63, 3.8) is 0 Å². The number of urea groups is 1. The van der Waals surface area contributed by atoms with Gasteiger partial charge >= 0.3 is 6.03 Å². The lowest BCUT2D eigenvalue weighted by atomic mass is 10.1. The number of carbonyl (C=O) groups is 2. The van der Waals surface area contributed by atoms with Crippen LogP contribution in [0.5, 0.6) is 5.88 Å². The van der Waals surface area contributed by atoms with E-state index in [4.69, 9.17) is 43.9 Å². The van der Waals surface area contributed by atoms with Crippen molar-refractivity contribution in [3.05, 3.63) is 38.9 Å². The minimum atomic E-state index is -0.792. The molecule has 0 fully saturated rings. The Bertz CT molecular complexity index is 969. The lowest BCUT2D eigenvalue weighted by molar-refractivity contribution is 0.0996. The molecule has 0 aliphatic carbocycles. The molecule has 3 amide bonds. The number of aromatic nitrogens is 1. The Morgan fingerprint density at radius 1 is 1.15 bits per heavy atom. The Balaban J connectivity index is 1.88. The second-order valence-electron chi connectivity index (χ2n) is 7.39. The van der Waals surface area contributed by atoms with Gasteiger partial charge in [0, 0.05) is 25.2 Å². The molecule has 0 saturated carbocycles. The van der Waals surface area contributed by atoms with Gasteiger partial charge in [-0.2, -0.15) is 4.37 Å². The number of primary amides is 1. The largest absolute Gasteiger partial charge is 0.472 e. The van der Waals surface area contributed by atoms with Crippen LogP contribution in [0.4, 0.5) is 9.80 Å². The van der Waals surface area contributed by atoms with Gasteiger partial charge in [-0.15, -0.1) is 0 Å². The SMILES string of the molecule is Cc1ccc(COc2nsc(NC(=O)NCCCCN(CCO)CCO)c2C(N)=O)c(Cl)c1Cl. The topological polar surface area (TPSA) is 150 Å². The third-order valence-corrected chi connectivity index (χ3v) is 6.63. The summed E-state index contributed by atoms with van der Waals surface area (Å²) in [6.45, 7) is 3.96. The Kier molecular flexibility index (Phi) is 11.8. The van der Waals surface area contributed by atoms with E-state index in [1.54, 1.807) is 12.1 Å². The smallest absolute Gasteiger partial charge is 0.319 e. The zero-order valence-corrected chi connectivity index (χ0v) is 21.1. The fourth-order valence-electron chi connectivity index (χ4n) is 3.05. The molecule has 0 aliphatic rings. The van der Waals surface area contributed by atoms with Crippen LogP contribution in [0.25, 0.3) is 0 Å².